The van der Waals surface area contributed by atoms with E-state index in [1.807, 2.05) is 0 Å². The summed E-state index contributed by atoms with van der Waals surface area (Å²) in [6, 6.07) is 8.37. The van der Waals surface area contributed by atoms with Crippen LogP contribution in [-0.2, 0) is 9.59 Å². The Balaban J connectivity index is 1.40. The van der Waals surface area contributed by atoms with Crippen molar-refractivity contribution in [3.63, 3.8) is 0 Å². The summed E-state index contributed by atoms with van der Waals surface area (Å²) in [7, 11) is 2.91. The molecule has 4 aromatic rings. The Morgan fingerprint density at radius 3 is 2.16 bits per heavy atom. The number of benzene rings is 2. The van der Waals surface area contributed by atoms with Crippen LogP contribution in [-0.4, -0.2) is 55.9 Å². The highest BCUT2D eigenvalue weighted by Crippen LogP contribution is 2.41. The van der Waals surface area contributed by atoms with Crippen molar-refractivity contribution < 1.29 is 47.6 Å². The van der Waals surface area contributed by atoms with Gasteiger partial charge in [-0.05, 0) is 30.5 Å². The van der Waals surface area contributed by atoms with Gasteiger partial charge in [0.15, 0.2) is 40.4 Å². The first-order valence-corrected chi connectivity index (χ1v) is 15.1. The Labute approximate surface area is 255 Å². The average molecular weight is 631 g/mol. The first kappa shape index (κ1) is 31.9. The number of rotatable bonds is 16. The number of hydrogen-bond donors (Lipinski definition) is 1. The van der Waals surface area contributed by atoms with Gasteiger partial charge in [-0.25, -0.2) is 4.39 Å². The third-order valence-electron chi connectivity index (χ3n) is 6.80. The van der Waals surface area contributed by atoms with Crippen LogP contribution in [0.2, 0.25) is 0 Å². The number of thiophene rings is 2. The molecule has 0 aliphatic carbocycles. The molecule has 228 valence electrons. The average Bonchev–Trinajstić information content (AvgIpc) is 3.60. The highest BCUT2D eigenvalue weighted by Gasteiger charge is 2.21. The van der Waals surface area contributed by atoms with Crippen molar-refractivity contribution in [3.05, 3.63) is 45.9 Å². The van der Waals surface area contributed by atoms with E-state index in [9.17, 15) is 19.2 Å². The van der Waals surface area contributed by atoms with Crippen LogP contribution in [0.3, 0.4) is 0 Å². The van der Waals surface area contributed by atoms with Gasteiger partial charge in [-0.2, -0.15) is 0 Å². The number of carbonyl (C=O) groups is 4. The fourth-order valence-electron chi connectivity index (χ4n) is 4.26. The molecule has 0 fully saturated rings. The monoisotopic (exact) mass is 630 g/mol. The highest BCUT2D eigenvalue weighted by atomic mass is 32.1. The maximum absolute atomic E-state index is 15.4. The van der Waals surface area contributed by atoms with Crippen molar-refractivity contribution in [1.82, 2.24) is 0 Å². The lowest BCUT2D eigenvalue weighted by molar-refractivity contribution is -0.137. The summed E-state index contributed by atoms with van der Waals surface area (Å²) >= 11 is 2.40. The van der Waals surface area contributed by atoms with Crippen molar-refractivity contribution in [2.24, 2.45) is 5.92 Å². The van der Waals surface area contributed by atoms with Crippen LogP contribution in [0.25, 0.3) is 20.2 Å². The second-order valence-electron chi connectivity index (χ2n) is 9.90. The summed E-state index contributed by atoms with van der Waals surface area (Å²) in [5.74, 6) is -1.53. The molecule has 9 nitrogen and oxygen atoms in total. The SMILES string of the molecule is COc1cc2sc(C(=O)C[C@H](C)C(C)=O)cc2cc1OCCCOc1c(OC)cc2sc(C(=O)CCC(=O)O)cc2c1F. The maximum Gasteiger partial charge on any atom is 0.303 e. The highest BCUT2D eigenvalue weighted by molar-refractivity contribution is 7.21. The minimum absolute atomic E-state index is 0.0282. The van der Waals surface area contributed by atoms with Gasteiger partial charge in [0.25, 0.3) is 0 Å². The van der Waals surface area contributed by atoms with Crippen molar-refractivity contribution in [2.75, 3.05) is 27.4 Å². The summed E-state index contributed by atoms with van der Waals surface area (Å²) < 4.78 is 39.2. The summed E-state index contributed by atoms with van der Waals surface area (Å²) in [6.45, 7) is 3.54. The van der Waals surface area contributed by atoms with E-state index in [2.05, 4.69) is 0 Å². The maximum atomic E-state index is 15.4. The number of carbonyl (C=O) groups excluding carboxylic acids is 3. The van der Waals surface area contributed by atoms with E-state index >= 15 is 4.39 Å². The van der Waals surface area contributed by atoms with E-state index in [1.54, 1.807) is 31.2 Å². The zero-order valence-electron chi connectivity index (χ0n) is 24.1. The standard InChI is InChI=1S/C31H31FO9S2/c1-16(17(2)33)10-21(35)27-12-18-11-23(22(38-3)14-25(18)42-27)40-8-5-9-41-31-24(39-4)15-26-19(30(31)32)13-28(43-26)20(34)6-7-29(36)37/h11-16H,5-10H2,1-4H3,(H,36,37)/t16-/m0/s1. The van der Waals surface area contributed by atoms with Crippen molar-refractivity contribution in [2.45, 2.75) is 39.5 Å². The Bertz CT molecular complexity index is 1690. The molecule has 0 saturated heterocycles. The number of fused-ring (bicyclic) bond motifs is 2. The summed E-state index contributed by atoms with van der Waals surface area (Å²) in [5.41, 5.74) is 0. The Kier molecular flexibility index (Phi) is 10.4. The molecule has 0 amide bonds. The molecule has 0 aliphatic heterocycles. The number of ether oxygens (including phenoxy) is 4. The number of Topliss-reactive ketones (excluding diaryl/α,β-unsaturated/α-hetero) is 3. The first-order chi connectivity index (χ1) is 20.5. The molecular formula is C31H31FO9S2. The quantitative estimate of drug-likeness (QED) is 0.103. The molecule has 0 bridgehead atoms. The summed E-state index contributed by atoms with van der Waals surface area (Å²) in [6.07, 6.45) is 0.0683. The molecule has 0 aliphatic rings. The molecule has 2 heterocycles. The van der Waals surface area contributed by atoms with Crippen molar-refractivity contribution in [1.29, 1.82) is 0 Å². The fraction of sp³-hybridized carbons (Fsp3) is 0.355. The molecule has 2 aromatic carbocycles. The zero-order valence-corrected chi connectivity index (χ0v) is 25.7. The molecule has 0 saturated carbocycles. The molecule has 0 spiro atoms. The number of hydrogen-bond acceptors (Lipinski definition) is 10. The lowest BCUT2D eigenvalue weighted by Crippen LogP contribution is -2.11. The molecule has 2 aromatic heterocycles. The van der Waals surface area contributed by atoms with Gasteiger partial charge >= 0.3 is 5.97 Å². The Morgan fingerprint density at radius 2 is 1.49 bits per heavy atom. The lowest BCUT2D eigenvalue weighted by Gasteiger charge is -2.13. The van der Waals surface area contributed by atoms with Crippen LogP contribution >= 0.6 is 22.7 Å². The van der Waals surface area contributed by atoms with Crippen LogP contribution < -0.4 is 18.9 Å². The predicted octanol–water partition coefficient (Wildman–Crippen LogP) is 6.97. The van der Waals surface area contributed by atoms with Crippen molar-refractivity contribution in [3.8, 4) is 23.0 Å². The third kappa shape index (κ3) is 7.49. The van der Waals surface area contributed by atoms with Gasteiger partial charge in [0.1, 0.15) is 5.78 Å². The van der Waals surface area contributed by atoms with Gasteiger partial charge in [-0.15, -0.1) is 22.7 Å². The smallest absolute Gasteiger partial charge is 0.303 e. The minimum Gasteiger partial charge on any atom is -0.493 e. The van der Waals surface area contributed by atoms with Gasteiger partial charge in [-0.1, -0.05) is 6.92 Å². The number of methoxy groups -OCH3 is 2. The summed E-state index contributed by atoms with van der Waals surface area (Å²) in [4.78, 5) is 48.2. The number of aliphatic carboxylic acids is 1. The molecule has 1 atom stereocenters. The van der Waals surface area contributed by atoms with E-state index < -0.39 is 11.8 Å². The van der Waals surface area contributed by atoms with E-state index in [4.69, 9.17) is 24.1 Å². The normalized spacial score (nSPS) is 11.8. The molecule has 4 rings (SSSR count). The van der Waals surface area contributed by atoms with Gasteiger partial charge < -0.3 is 24.1 Å². The molecule has 0 unspecified atom stereocenters. The Morgan fingerprint density at radius 1 is 0.837 bits per heavy atom. The number of carboxylic acids is 1. The number of halogens is 1. The third-order valence-corrected chi connectivity index (χ3v) is 9.06. The molecular weight excluding hydrogens is 599 g/mol. The van der Waals surface area contributed by atoms with Gasteiger partial charge in [0, 0.05) is 52.1 Å². The predicted molar refractivity (Wildman–Crippen MR) is 162 cm³/mol. The number of carboxylic acid groups (broad SMARTS) is 1. The Hall–Kier alpha value is -4.03. The van der Waals surface area contributed by atoms with Crippen molar-refractivity contribution >= 4 is 66.2 Å². The van der Waals surface area contributed by atoms with Gasteiger partial charge in [0.05, 0.1) is 43.6 Å². The second-order valence-corrected chi connectivity index (χ2v) is 12.1. The fourth-order valence-corrected chi connectivity index (χ4v) is 6.34. The van der Waals surface area contributed by atoms with Gasteiger partial charge in [-0.3, -0.25) is 19.2 Å². The topological polar surface area (TPSA) is 125 Å². The largest absolute Gasteiger partial charge is 0.493 e. The van der Waals surface area contributed by atoms with E-state index in [0.29, 0.717) is 27.5 Å². The zero-order chi connectivity index (χ0) is 31.3. The van der Waals surface area contributed by atoms with Crippen LogP contribution in [0.4, 0.5) is 4.39 Å². The molecule has 1 N–H and O–H groups in total. The van der Waals surface area contributed by atoms with E-state index in [-0.39, 0.29) is 77.5 Å². The van der Waals surface area contributed by atoms with Crippen LogP contribution in [0.5, 0.6) is 23.0 Å². The molecule has 43 heavy (non-hydrogen) atoms. The van der Waals surface area contributed by atoms with Gasteiger partial charge in [0.2, 0.25) is 0 Å². The molecule has 0 radical (unpaired) electrons. The van der Waals surface area contributed by atoms with E-state index in [1.165, 1.54) is 38.5 Å². The van der Waals surface area contributed by atoms with E-state index in [0.717, 1.165) is 21.4 Å². The minimum atomic E-state index is -1.08. The lowest BCUT2D eigenvalue weighted by atomic mass is 10.0. The molecule has 12 heteroatoms. The van der Waals surface area contributed by atoms with Crippen LogP contribution in [0.15, 0.2) is 30.3 Å². The number of ketones is 3. The first-order valence-electron chi connectivity index (χ1n) is 13.5. The van der Waals surface area contributed by atoms with Crippen LogP contribution in [0, 0.1) is 11.7 Å². The second kappa shape index (κ2) is 14.0. The summed E-state index contributed by atoms with van der Waals surface area (Å²) in [5, 5.41) is 9.84. The van der Waals surface area contributed by atoms with Crippen LogP contribution in [0.1, 0.15) is 58.9 Å².